The molecule has 13 heavy (non-hydrogen) atoms. The van der Waals surface area contributed by atoms with Crippen molar-refractivity contribution in [3.63, 3.8) is 0 Å². The summed E-state index contributed by atoms with van der Waals surface area (Å²) in [6.45, 7) is 0. The number of alkyl halides is 3. The summed E-state index contributed by atoms with van der Waals surface area (Å²) in [5.41, 5.74) is 0.0541. The van der Waals surface area contributed by atoms with E-state index in [1.807, 2.05) is 0 Å². The minimum Gasteiger partial charge on any atom is -0.495 e. The Morgan fingerprint density at radius 3 is 2.69 bits per heavy atom. The molecule has 0 spiro atoms. The zero-order chi connectivity index (χ0) is 9.84. The number of methoxy groups -OCH3 is 1. The maximum absolute atomic E-state index is 12.3. The smallest absolute Gasteiger partial charge is 0.284 e. The third-order valence-electron chi connectivity index (χ3n) is 1.51. The van der Waals surface area contributed by atoms with Gasteiger partial charge in [-0.1, -0.05) is 0 Å². The van der Waals surface area contributed by atoms with Crippen LogP contribution in [0, 0.1) is 0 Å². The highest BCUT2D eigenvalue weighted by Crippen LogP contribution is 2.27. The first-order chi connectivity index (χ1) is 6.19. The first kappa shape index (κ1) is 10.2. The molecule has 0 unspecified atom stereocenters. The van der Waals surface area contributed by atoms with Crippen molar-refractivity contribution >= 4 is 11.6 Å². The molecular weight excluding hydrogens is 200 g/mol. The van der Waals surface area contributed by atoms with Gasteiger partial charge in [-0.3, -0.25) is 0 Å². The lowest BCUT2D eigenvalue weighted by atomic mass is 10.3. The molecule has 0 atom stereocenters. The van der Waals surface area contributed by atoms with Crippen molar-refractivity contribution in [2.45, 2.75) is 12.3 Å². The van der Waals surface area contributed by atoms with Gasteiger partial charge in [0.1, 0.15) is 11.4 Å². The number of nitrogens with zero attached hydrogens (tertiary/aromatic N) is 1. The van der Waals surface area contributed by atoms with Gasteiger partial charge in [0.15, 0.2) is 0 Å². The van der Waals surface area contributed by atoms with E-state index in [2.05, 4.69) is 4.98 Å². The fourth-order valence-corrected chi connectivity index (χ4v) is 1.06. The van der Waals surface area contributed by atoms with Crippen LogP contribution < -0.4 is 4.74 Å². The Labute approximate surface area is 79.5 Å². The van der Waals surface area contributed by atoms with Crippen LogP contribution in [0.5, 0.6) is 5.75 Å². The van der Waals surface area contributed by atoms with Crippen molar-refractivity contribution in [3.05, 3.63) is 23.5 Å². The molecular formula is C8H8ClF2NO. The molecule has 0 amide bonds. The second-order valence-electron chi connectivity index (χ2n) is 2.32. The average molecular weight is 208 g/mol. The van der Waals surface area contributed by atoms with E-state index in [-0.39, 0.29) is 17.3 Å². The quantitative estimate of drug-likeness (QED) is 0.711. The van der Waals surface area contributed by atoms with Crippen LogP contribution in [0.1, 0.15) is 17.8 Å². The van der Waals surface area contributed by atoms with Crippen LogP contribution >= 0.6 is 11.6 Å². The molecule has 0 fully saturated rings. The second-order valence-corrected chi connectivity index (χ2v) is 2.59. The normalized spacial score (nSPS) is 10.5. The molecule has 0 radical (unpaired) electrons. The van der Waals surface area contributed by atoms with E-state index in [0.717, 1.165) is 0 Å². The van der Waals surface area contributed by atoms with Crippen LogP contribution in [0.3, 0.4) is 0 Å². The summed E-state index contributed by atoms with van der Waals surface area (Å²) in [4.78, 5) is 3.65. The van der Waals surface area contributed by atoms with Gasteiger partial charge in [-0.2, -0.15) is 0 Å². The summed E-state index contributed by atoms with van der Waals surface area (Å²) in [6.07, 6.45) is -2.64. The number of ether oxygens (including phenoxy) is 1. The molecule has 0 saturated heterocycles. The Morgan fingerprint density at radius 1 is 1.54 bits per heavy atom. The standard InChI is InChI=1S/C8H8ClF2NO/c1-13-6-3-2-5(4-9)12-7(6)8(10)11/h2-3,8H,4H2,1H3. The highest BCUT2D eigenvalue weighted by Gasteiger charge is 2.15. The van der Waals surface area contributed by atoms with Crippen molar-refractivity contribution in [1.82, 2.24) is 4.98 Å². The average Bonchev–Trinajstić information content (AvgIpc) is 2.16. The molecule has 1 rings (SSSR count). The maximum Gasteiger partial charge on any atom is 0.284 e. The highest BCUT2D eigenvalue weighted by atomic mass is 35.5. The Balaban J connectivity index is 3.10. The number of halogens is 3. The minimum absolute atomic E-state index is 0.0869. The van der Waals surface area contributed by atoms with Crippen LogP contribution in [0.4, 0.5) is 8.78 Å². The Bertz CT molecular complexity index is 293. The lowest BCUT2D eigenvalue weighted by molar-refractivity contribution is 0.141. The molecule has 2 nitrogen and oxygen atoms in total. The molecule has 0 aliphatic carbocycles. The Kier molecular flexibility index (Phi) is 3.42. The maximum atomic E-state index is 12.3. The van der Waals surface area contributed by atoms with Crippen LogP contribution in [0.15, 0.2) is 12.1 Å². The predicted octanol–water partition coefficient (Wildman–Crippen LogP) is 2.77. The van der Waals surface area contributed by atoms with E-state index in [1.165, 1.54) is 13.2 Å². The van der Waals surface area contributed by atoms with Crippen LogP contribution in [-0.4, -0.2) is 12.1 Å². The largest absolute Gasteiger partial charge is 0.495 e. The predicted molar refractivity (Wildman–Crippen MR) is 45.3 cm³/mol. The molecule has 0 aromatic carbocycles. The van der Waals surface area contributed by atoms with Crippen LogP contribution in [0.25, 0.3) is 0 Å². The van der Waals surface area contributed by atoms with Crippen molar-refractivity contribution in [1.29, 1.82) is 0 Å². The third kappa shape index (κ3) is 2.28. The van der Waals surface area contributed by atoms with Crippen molar-refractivity contribution in [2.75, 3.05) is 7.11 Å². The molecule has 1 heterocycles. The summed E-state index contributed by atoms with van der Waals surface area (Å²) < 4.78 is 29.4. The van der Waals surface area contributed by atoms with E-state index in [9.17, 15) is 8.78 Å². The molecule has 72 valence electrons. The lowest BCUT2D eigenvalue weighted by Crippen LogP contribution is -1.98. The van der Waals surface area contributed by atoms with E-state index < -0.39 is 6.43 Å². The zero-order valence-electron chi connectivity index (χ0n) is 6.93. The SMILES string of the molecule is COc1ccc(CCl)nc1C(F)F. The zero-order valence-corrected chi connectivity index (χ0v) is 7.68. The second kappa shape index (κ2) is 4.37. The number of hydrogen-bond donors (Lipinski definition) is 0. The molecule has 0 saturated carbocycles. The highest BCUT2D eigenvalue weighted by molar-refractivity contribution is 6.16. The van der Waals surface area contributed by atoms with Gasteiger partial charge in [0.05, 0.1) is 18.7 Å². The van der Waals surface area contributed by atoms with E-state index in [0.29, 0.717) is 5.69 Å². The molecule has 0 N–H and O–H groups in total. The summed E-state index contributed by atoms with van der Waals surface area (Å²) in [7, 11) is 1.32. The summed E-state index contributed by atoms with van der Waals surface area (Å²) in [5.74, 6) is 0.202. The summed E-state index contributed by atoms with van der Waals surface area (Å²) in [6, 6.07) is 2.99. The Morgan fingerprint density at radius 2 is 2.23 bits per heavy atom. The molecule has 5 heteroatoms. The number of hydrogen-bond acceptors (Lipinski definition) is 2. The van der Waals surface area contributed by atoms with Gasteiger partial charge in [-0.15, -0.1) is 11.6 Å². The number of pyridine rings is 1. The summed E-state index contributed by atoms with van der Waals surface area (Å²) in [5, 5.41) is 0. The van der Waals surface area contributed by atoms with Crippen molar-refractivity contribution < 1.29 is 13.5 Å². The number of rotatable bonds is 3. The van der Waals surface area contributed by atoms with Gasteiger partial charge >= 0.3 is 0 Å². The molecule has 1 aromatic rings. The fraction of sp³-hybridized carbons (Fsp3) is 0.375. The first-order valence-electron chi connectivity index (χ1n) is 3.57. The molecule has 0 aliphatic heterocycles. The van der Waals surface area contributed by atoms with Gasteiger partial charge < -0.3 is 4.74 Å². The van der Waals surface area contributed by atoms with Gasteiger partial charge in [-0.25, -0.2) is 13.8 Å². The first-order valence-corrected chi connectivity index (χ1v) is 4.10. The van der Waals surface area contributed by atoms with Gasteiger partial charge in [0, 0.05) is 0 Å². The van der Waals surface area contributed by atoms with Gasteiger partial charge in [-0.05, 0) is 12.1 Å². The molecule has 0 bridgehead atoms. The van der Waals surface area contributed by atoms with Gasteiger partial charge in [0.2, 0.25) is 0 Å². The van der Waals surface area contributed by atoms with Gasteiger partial charge in [0.25, 0.3) is 6.43 Å². The fourth-order valence-electron chi connectivity index (χ4n) is 0.908. The summed E-state index contributed by atoms with van der Waals surface area (Å²) >= 11 is 5.45. The van der Waals surface area contributed by atoms with E-state index in [4.69, 9.17) is 16.3 Å². The van der Waals surface area contributed by atoms with E-state index >= 15 is 0 Å². The number of aromatic nitrogens is 1. The van der Waals surface area contributed by atoms with Crippen LogP contribution in [-0.2, 0) is 5.88 Å². The topological polar surface area (TPSA) is 22.1 Å². The third-order valence-corrected chi connectivity index (χ3v) is 1.78. The van der Waals surface area contributed by atoms with Crippen molar-refractivity contribution in [2.24, 2.45) is 0 Å². The van der Waals surface area contributed by atoms with Crippen LogP contribution in [0.2, 0.25) is 0 Å². The molecule has 1 aromatic heterocycles. The van der Waals surface area contributed by atoms with E-state index in [1.54, 1.807) is 6.07 Å². The lowest BCUT2D eigenvalue weighted by Gasteiger charge is -2.07. The molecule has 0 aliphatic rings. The monoisotopic (exact) mass is 207 g/mol. The Hall–Kier alpha value is -0.900. The van der Waals surface area contributed by atoms with Crippen molar-refractivity contribution in [3.8, 4) is 5.75 Å². The minimum atomic E-state index is -2.64.